The van der Waals surface area contributed by atoms with Crippen LogP contribution in [0.1, 0.15) is 6.42 Å². The lowest BCUT2D eigenvalue weighted by molar-refractivity contribution is 0.109. The maximum Gasteiger partial charge on any atom is 0.404 e. The molecule has 0 aliphatic carbocycles. The zero-order valence-corrected chi connectivity index (χ0v) is 5.90. The minimum Gasteiger partial charge on any atom is -0.444 e. The second kappa shape index (κ2) is 3.18. The second-order valence-corrected chi connectivity index (χ2v) is 2.34. The monoisotopic (exact) mass is 159 g/mol. The number of rotatable bonds is 2. The molecular formula is C5H9N3O3. The van der Waals surface area contributed by atoms with E-state index in [9.17, 15) is 9.70 Å². The molecule has 1 atom stereocenters. The zero-order valence-electron chi connectivity index (χ0n) is 5.90. The summed E-state index contributed by atoms with van der Waals surface area (Å²) in [6.07, 6.45) is -0.456. The Hall–Kier alpha value is -1.33. The Labute approximate surface area is 63.2 Å². The van der Waals surface area contributed by atoms with E-state index in [1.807, 2.05) is 0 Å². The number of nitrogens with two attached hydrogens (primary N) is 1. The van der Waals surface area contributed by atoms with Gasteiger partial charge >= 0.3 is 6.09 Å². The van der Waals surface area contributed by atoms with Crippen molar-refractivity contribution in [2.24, 2.45) is 11.0 Å². The molecule has 11 heavy (non-hydrogen) atoms. The van der Waals surface area contributed by atoms with Crippen LogP contribution in [0.15, 0.2) is 5.29 Å². The average Bonchev–Trinajstić information content (AvgIpc) is 2.34. The summed E-state index contributed by atoms with van der Waals surface area (Å²) in [7, 11) is 0. The van der Waals surface area contributed by atoms with Crippen molar-refractivity contribution >= 4 is 6.09 Å². The van der Waals surface area contributed by atoms with Crippen molar-refractivity contribution in [2.75, 3.05) is 13.1 Å². The molecule has 1 heterocycles. The van der Waals surface area contributed by atoms with Gasteiger partial charge in [-0.2, -0.15) is 0 Å². The van der Waals surface area contributed by atoms with Crippen LogP contribution in [-0.2, 0) is 4.74 Å². The zero-order chi connectivity index (χ0) is 8.27. The molecule has 1 aliphatic rings. The largest absolute Gasteiger partial charge is 0.444 e. The van der Waals surface area contributed by atoms with Crippen LogP contribution in [-0.4, -0.2) is 30.3 Å². The quantitative estimate of drug-likeness (QED) is 0.567. The van der Waals surface area contributed by atoms with E-state index >= 15 is 0 Å². The number of hydrogen-bond acceptors (Lipinski definition) is 4. The first kappa shape index (κ1) is 7.77. The molecule has 0 radical (unpaired) electrons. The fourth-order valence-corrected chi connectivity index (χ4v) is 1.05. The molecule has 0 saturated carbocycles. The van der Waals surface area contributed by atoms with Crippen LogP contribution in [0.25, 0.3) is 0 Å². The van der Waals surface area contributed by atoms with Crippen LogP contribution in [0, 0.1) is 4.91 Å². The van der Waals surface area contributed by atoms with E-state index in [-0.39, 0.29) is 6.10 Å². The van der Waals surface area contributed by atoms with Gasteiger partial charge in [-0.1, -0.05) is 0 Å². The van der Waals surface area contributed by atoms with Crippen LogP contribution in [0.2, 0.25) is 0 Å². The van der Waals surface area contributed by atoms with Crippen molar-refractivity contribution < 1.29 is 9.53 Å². The number of amides is 1. The molecule has 0 aromatic rings. The number of ether oxygens (including phenoxy) is 1. The number of nitroso groups, excluding NO2 is 1. The van der Waals surface area contributed by atoms with Crippen LogP contribution < -0.4 is 5.73 Å². The summed E-state index contributed by atoms with van der Waals surface area (Å²) >= 11 is 0. The minimum absolute atomic E-state index is 0.273. The third kappa shape index (κ3) is 2.06. The Morgan fingerprint density at radius 3 is 2.91 bits per heavy atom. The van der Waals surface area contributed by atoms with Gasteiger partial charge in [-0.05, 0) is 0 Å². The molecule has 0 aromatic heterocycles. The molecule has 0 spiro atoms. The third-order valence-electron chi connectivity index (χ3n) is 1.52. The Morgan fingerprint density at radius 2 is 2.45 bits per heavy atom. The predicted octanol–water partition coefficient (Wildman–Crippen LogP) is -0.163. The fraction of sp³-hybridized carbons (Fsp3) is 0.800. The lowest BCUT2D eigenvalue weighted by Gasteiger charge is -2.08. The van der Waals surface area contributed by atoms with Crippen LogP contribution in [0.5, 0.6) is 0 Å². The molecule has 6 nitrogen and oxygen atoms in total. The molecule has 62 valence electrons. The van der Waals surface area contributed by atoms with E-state index in [4.69, 9.17) is 5.73 Å². The highest BCUT2D eigenvalue weighted by Gasteiger charge is 2.24. The van der Waals surface area contributed by atoms with Gasteiger partial charge in [0, 0.05) is 13.0 Å². The van der Waals surface area contributed by atoms with Gasteiger partial charge in [0.1, 0.15) is 6.10 Å². The Kier molecular flexibility index (Phi) is 2.25. The van der Waals surface area contributed by atoms with E-state index in [1.54, 1.807) is 0 Å². The summed E-state index contributed by atoms with van der Waals surface area (Å²) in [5.41, 5.74) is 4.77. The van der Waals surface area contributed by atoms with Crippen LogP contribution >= 0.6 is 0 Å². The van der Waals surface area contributed by atoms with Crippen molar-refractivity contribution in [3.63, 3.8) is 0 Å². The van der Waals surface area contributed by atoms with Gasteiger partial charge in [-0.3, -0.25) is 5.01 Å². The summed E-state index contributed by atoms with van der Waals surface area (Å²) < 4.78 is 4.64. The molecule has 1 unspecified atom stereocenters. The topological polar surface area (TPSA) is 85.0 Å². The first-order valence-electron chi connectivity index (χ1n) is 3.26. The van der Waals surface area contributed by atoms with Crippen molar-refractivity contribution in [1.29, 1.82) is 0 Å². The molecule has 0 aromatic carbocycles. The van der Waals surface area contributed by atoms with E-state index in [1.165, 1.54) is 5.01 Å². The van der Waals surface area contributed by atoms with Crippen molar-refractivity contribution in [1.82, 2.24) is 5.01 Å². The van der Waals surface area contributed by atoms with Crippen molar-refractivity contribution in [3.8, 4) is 0 Å². The molecule has 1 amide bonds. The first-order chi connectivity index (χ1) is 5.22. The van der Waals surface area contributed by atoms with Crippen LogP contribution in [0.4, 0.5) is 4.79 Å². The summed E-state index contributed by atoms with van der Waals surface area (Å²) in [6, 6.07) is 0. The van der Waals surface area contributed by atoms with Gasteiger partial charge < -0.3 is 10.5 Å². The molecule has 2 N–H and O–H groups in total. The molecule has 6 heteroatoms. The maximum atomic E-state index is 10.2. The summed E-state index contributed by atoms with van der Waals surface area (Å²) in [6.45, 7) is 0.883. The summed E-state index contributed by atoms with van der Waals surface area (Å²) in [4.78, 5) is 20.2. The van der Waals surface area contributed by atoms with E-state index < -0.39 is 6.09 Å². The highest BCUT2D eigenvalue weighted by molar-refractivity contribution is 5.64. The van der Waals surface area contributed by atoms with Crippen molar-refractivity contribution in [3.05, 3.63) is 4.91 Å². The van der Waals surface area contributed by atoms with Gasteiger partial charge in [0.05, 0.1) is 11.8 Å². The normalized spacial score (nSPS) is 23.3. The molecule has 1 rings (SSSR count). The number of nitrogens with zero attached hydrogens (tertiary/aromatic N) is 2. The van der Waals surface area contributed by atoms with E-state index in [0.29, 0.717) is 19.5 Å². The smallest absolute Gasteiger partial charge is 0.404 e. The number of carbonyl (C=O) groups excluding carboxylic acids is 1. The molecule has 1 saturated heterocycles. The van der Waals surface area contributed by atoms with Crippen LogP contribution in [0.3, 0.4) is 0 Å². The van der Waals surface area contributed by atoms with E-state index in [2.05, 4.69) is 10.0 Å². The predicted molar refractivity (Wildman–Crippen MR) is 36.4 cm³/mol. The standard InChI is InChI=1S/C5H9N3O3/c6-5(9)11-4-1-2-8(3-4)7-10/h4H,1-3H2,(H2,6,9). The van der Waals surface area contributed by atoms with Gasteiger partial charge in [-0.15, -0.1) is 4.91 Å². The van der Waals surface area contributed by atoms with Gasteiger partial charge in [-0.25, -0.2) is 4.79 Å². The Bertz CT molecular complexity index is 172. The number of hydrogen-bond donors (Lipinski definition) is 1. The first-order valence-corrected chi connectivity index (χ1v) is 3.26. The number of primary amides is 1. The fourth-order valence-electron chi connectivity index (χ4n) is 1.05. The third-order valence-corrected chi connectivity index (χ3v) is 1.52. The molecule has 0 bridgehead atoms. The Balaban J connectivity index is 2.29. The van der Waals surface area contributed by atoms with Gasteiger partial charge in [0.25, 0.3) is 0 Å². The highest BCUT2D eigenvalue weighted by atomic mass is 16.6. The minimum atomic E-state index is -0.803. The average molecular weight is 159 g/mol. The maximum absolute atomic E-state index is 10.2. The lowest BCUT2D eigenvalue weighted by Crippen LogP contribution is -2.24. The summed E-state index contributed by atoms with van der Waals surface area (Å²) in [5, 5.41) is 4.00. The SMILES string of the molecule is NC(=O)OC1CCN(N=O)C1. The second-order valence-electron chi connectivity index (χ2n) is 2.34. The lowest BCUT2D eigenvalue weighted by atomic mass is 10.3. The molecule has 1 aliphatic heterocycles. The molecular weight excluding hydrogens is 150 g/mol. The van der Waals surface area contributed by atoms with Gasteiger partial charge in [0.2, 0.25) is 0 Å². The molecule has 1 fully saturated rings. The Morgan fingerprint density at radius 1 is 1.73 bits per heavy atom. The summed E-state index contributed by atoms with van der Waals surface area (Å²) in [5.74, 6) is 0. The van der Waals surface area contributed by atoms with Gasteiger partial charge in [0.15, 0.2) is 0 Å². The van der Waals surface area contributed by atoms with Crippen molar-refractivity contribution in [2.45, 2.75) is 12.5 Å². The highest BCUT2D eigenvalue weighted by Crippen LogP contribution is 2.11. The van der Waals surface area contributed by atoms with E-state index in [0.717, 1.165) is 0 Å². The number of carbonyl (C=O) groups is 1.